The lowest BCUT2D eigenvalue weighted by atomic mass is 9.96. The van der Waals surface area contributed by atoms with E-state index < -0.39 is 0 Å². The van der Waals surface area contributed by atoms with E-state index >= 15 is 0 Å². The number of hydrogen-bond acceptors (Lipinski definition) is 3. The Morgan fingerprint density at radius 2 is 2.24 bits per heavy atom. The molecule has 3 nitrogen and oxygen atoms in total. The fourth-order valence-electron chi connectivity index (χ4n) is 2.04. The molecule has 1 aliphatic heterocycles. The normalized spacial score (nSPS) is 26.1. The molecule has 1 N–H and O–H groups in total. The Hall–Kier alpha value is -0.350. The van der Waals surface area contributed by atoms with Crippen molar-refractivity contribution in [1.29, 1.82) is 0 Å². The standard InChI is InChI=1S/C12H16Cl2N2O/c1-8-4-5-16(7-11(8)17)6-10-9(13)2-3-12(14)15-10/h2-3,8,11,17H,4-7H2,1H3. The van der Waals surface area contributed by atoms with E-state index in [0.717, 1.165) is 18.7 Å². The number of rotatable bonds is 2. The largest absolute Gasteiger partial charge is 0.392 e. The summed E-state index contributed by atoms with van der Waals surface area (Å²) in [5.41, 5.74) is 0.779. The maximum absolute atomic E-state index is 9.83. The van der Waals surface area contributed by atoms with Gasteiger partial charge in [-0.3, -0.25) is 4.90 Å². The molecule has 1 aromatic heterocycles. The number of piperidine rings is 1. The summed E-state index contributed by atoms with van der Waals surface area (Å²) in [5, 5.41) is 10.9. The van der Waals surface area contributed by atoms with Gasteiger partial charge in [0.15, 0.2) is 0 Å². The highest BCUT2D eigenvalue weighted by atomic mass is 35.5. The van der Waals surface area contributed by atoms with Crippen LogP contribution < -0.4 is 0 Å². The van der Waals surface area contributed by atoms with E-state index in [1.165, 1.54) is 0 Å². The highest BCUT2D eigenvalue weighted by Gasteiger charge is 2.24. The number of likely N-dealkylation sites (tertiary alicyclic amines) is 1. The van der Waals surface area contributed by atoms with Gasteiger partial charge in [0.1, 0.15) is 5.15 Å². The van der Waals surface area contributed by atoms with E-state index in [-0.39, 0.29) is 6.10 Å². The minimum atomic E-state index is -0.262. The van der Waals surface area contributed by atoms with Crippen LogP contribution in [-0.4, -0.2) is 34.2 Å². The predicted octanol–water partition coefficient (Wildman–Crippen LogP) is 2.59. The lowest BCUT2D eigenvalue weighted by Crippen LogP contribution is -2.42. The summed E-state index contributed by atoms with van der Waals surface area (Å²) in [5.74, 6) is 0.369. The average Bonchev–Trinajstić information content (AvgIpc) is 2.29. The SMILES string of the molecule is CC1CCN(Cc2nc(Cl)ccc2Cl)CC1O. The van der Waals surface area contributed by atoms with Gasteiger partial charge in [0, 0.05) is 13.1 Å². The van der Waals surface area contributed by atoms with Gasteiger partial charge in [-0.25, -0.2) is 4.98 Å². The van der Waals surface area contributed by atoms with Gasteiger partial charge < -0.3 is 5.11 Å². The number of nitrogens with zero attached hydrogens (tertiary/aromatic N) is 2. The number of hydrogen-bond donors (Lipinski definition) is 1. The van der Waals surface area contributed by atoms with E-state index in [2.05, 4.69) is 16.8 Å². The third-order valence-corrected chi connectivity index (χ3v) is 3.82. The van der Waals surface area contributed by atoms with Crippen molar-refractivity contribution in [2.24, 2.45) is 5.92 Å². The van der Waals surface area contributed by atoms with Gasteiger partial charge in [0.2, 0.25) is 0 Å². The molecule has 2 atom stereocenters. The van der Waals surface area contributed by atoms with Crippen LogP contribution in [0.3, 0.4) is 0 Å². The van der Waals surface area contributed by atoms with Gasteiger partial charge >= 0.3 is 0 Å². The predicted molar refractivity (Wildman–Crippen MR) is 69.3 cm³/mol. The quantitative estimate of drug-likeness (QED) is 0.843. The molecule has 2 unspecified atom stereocenters. The summed E-state index contributed by atoms with van der Waals surface area (Å²) in [6.45, 7) is 4.35. The molecule has 2 heterocycles. The molecule has 2 rings (SSSR count). The molecule has 1 aromatic rings. The van der Waals surface area contributed by atoms with E-state index in [1.54, 1.807) is 12.1 Å². The molecule has 17 heavy (non-hydrogen) atoms. The van der Waals surface area contributed by atoms with Crippen molar-refractivity contribution in [3.63, 3.8) is 0 Å². The molecule has 5 heteroatoms. The first-order valence-electron chi connectivity index (χ1n) is 5.77. The first-order valence-corrected chi connectivity index (χ1v) is 6.53. The topological polar surface area (TPSA) is 36.4 Å². The number of β-amino-alcohol motifs (C(OH)–C–C–N with tert-alkyl or cyclic N) is 1. The number of aromatic nitrogens is 1. The maximum atomic E-state index is 9.83. The smallest absolute Gasteiger partial charge is 0.129 e. The minimum Gasteiger partial charge on any atom is -0.392 e. The lowest BCUT2D eigenvalue weighted by molar-refractivity contribution is 0.0254. The Labute approximate surface area is 111 Å². The van der Waals surface area contributed by atoms with E-state index in [9.17, 15) is 5.11 Å². The van der Waals surface area contributed by atoms with Crippen LogP contribution in [0.25, 0.3) is 0 Å². The van der Waals surface area contributed by atoms with Crippen molar-refractivity contribution in [1.82, 2.24) is 9.88 Å². The Morgan fingerprint density at radius 3 is 2.94 bits per heavy atom. The van der Waals surface area contributed by atoms with Crippen LogP contribution in [0.2, 0.25) is 10.2 Å². The average molecular weight is 275 g/mol. The fourth-order valence-corrected chi connectivity index (χ4v) is 2.37. The maximum Gasteiger partial charge on any atom is 0.129 e. The summed E-state index contributed by atoms with van der Waals surface area (Å²) < 4.78 is 0. The Kier molecular flexibility index (Phi) is 4.26. The zero-order valence-electron chi connectivity index (χ0n) is 9.74. The van der Waals surface area contributed by atoms with Gasteiger partial charge in [-0.2, -0.15) is 0 Å². The van der Waals surface area contributed by atoms with Crippen molar-refractivity contribution in [3.8, 4) is 0 Å². The number of halogens is 2. The zero-order valence-corrected chi connectivity index (χ0v) is 11.2. The summed E-state index contributed by atoms with van der Waals surface area (Å²) in [6.07, 6.45) is 0.737. The van der Waals surface area contributed by atoms with Crippen LogP contribution in [-0.2, 0) is 6.54 Å². The van der Waals surface area contributed by atoms with Gasteiger partial charge in [-0.05, 0) is 31.0 Å². The van der Waals surface area contributed by atoms with Crippen LogP contribution >= 0.6 is 23.2 Å². The van der Waals surface area contributed by atoms with Crippen molar-refractivity contribution in [2.75, 3.05) is 13.1 Å². The van der Waals surface area contributed by atoms with Gasteiger partial charge in [0.05, 0.1) is 16.8 Å². The molecule has 0 aromatic carbocycles. The van der Waals surface area contributed by atoms with E-state index in [0.29, 0.717) is 29.2 Å². The molecule has 1 fully saturated rings. The summed E-state index contributed by atoms with van der Waals surface area (Å²) in [4.78, 5) is 6.38. The zero-order chi connectivity index (χ0) is 12.4. The van der Waals surface area contributed by atoms with Crippen molar-refractivity contribution >= 4 is 23.2 Å². The Bertz CT molecular complexity index is 400. The summed E-state index contributed by atoms with van der Waals surface area (Å²) in [6, 6.07) is 3.44. The Balaban J connectivity index is 2.03. The van der Waals surface area contributed by atoms with Crippen LogP contribution in [0.1, 0.15) is 19.0 Å². The second kappa shape index (κ2) is 5.53. The third kappa shape index (κ3) is 3.32. The molecule has 0 amide bonds. The molecular formula is C12H16Cl2N2O. The molecule has 0 saturated carbocycles. The number of pyridine rings is 1. The summed E-state index contributed by atoms with van der Waals surface area (Å²) in [7, 11) is 0. The monoisotopic (exact) mass is 274 g/mol. The molecule has 94 valence electrons. The molecule has 1 saturated heterocycles. The van der Waals surface area contributed by atoms with E-state index in [4.69, 9.17) is 23.2 Å². The van der Waals surface area contributed by atoms with Gasteiger partial charge in [-0.1, -0.05) is 30.1 Å². The van der Waals surface area contributed by atoms with Crippen LogP contribution in [0.15, 0.2) is 12.1 Å². The highest BCUT2D eigenvalue weighted by molar-refractivity contribution is 6.32. The van der Waals surface area contributed by atoms with Crippen LogP contribution in [0.4, 0.5) is 0 Å². The third-order valence-electron chi connectivity index (χ3n) is 3.26. The Morgan fingerprint density at radius 1 is 1.47 bits per heavy atom. The molecule has 0 bridgehead atoms. The fraction of sp³-hybridized carbons (Fsp3) is 0.583. The highest BCUT2D eigenvalue weighted by Crippen LogP contribution is 2.22. The summed E-state index contributed by atoms with van der Waals surface area (Å²) >= 11 is 11.9. The van der Waals surface area contributed by atoms with Crippen LogP contribution in [0, 0.1) is 5.92 Å². The number of aliphatic hydroxyl groups excluding tert-OH is 1. The van der Waals surface area contributed by atoms with Crippen molar-refractivity contribution in [2.45, 2.75) is 26.0 Å². The van der Waals surface area contributed by atoms with Gasteiger partial charge in [0.25, 0.3) is 0 Å². The van der Waals surface area contributed by atoms with Crippen molar-refractivity contribution in [3.05, 3.63) is 28.0 Å². The minimum absolute atomic E-state index is 0.262. The van der Waals surface area contributed by atoms with Crippen LogP contribution in [0.5, 0.6) is 0 Å². The van der Waals surface area contributed by atoms with E-state index in [1.807, 2.05) is 0 Å². The molecule has 0 aliphatic carbocycles. The second-order valence-electron chi connectivity index (χ2n) is 4.63. The van der Waals surface area contributed by atoms with Gasteiger partial charge in [-0.15, -0.1) is 0 Å². The first kappa shape index (κ1) is 13.1. The van der Waals surface area contributed by atoms with Crippen molar-refractivity contribution < 1.29 is 5.11 Å². The second-order valence-corrected chi connectivity index (χ2v) is 5.43. The molecule has 0 radical (unpaired) electrons. The molecule has 0 spiro atoms. The lowest BCUT2D eigenvalue weighted by Gasteiger charge is -2.34. The number of aliphatic hydroxyl groups is 1. The first-order chi connectivity index (χ1) is 8.06. The molecule has 1 aliphatic rings. The molecular weight excluding hydrogens is 259 g/mol.